The smallest absolute Gasteiger partial charge is 0.263 e. The molecule has 8 nitrogen and oxygen atoms in total. The van der Waals surface area contributed by atoms with Crippen molar-refractivity contribution in [2.75, 3.05) is 16.6 Å². The van der Waals surface area contributed by atoms with Crippen molar-refractivity contribution < 1.29 is 22.7 Å². The number of nitrogens with zero attached hydrogens (tertiary/aromatic N) is 1. The zero-order valence-corrected chi connectivity index (χ0v) is 25.2. The molecule has 0 aliphatic rings. The van der Waals surface area contributed by atoms with Crippen molar-refractivity contribution in [3.8, 4) is 0 Å². The highest BCUT2D eigenvalue weighted by Crippen LogP contribution is 2.38. The molecule has 0 fully saturated rings. The molecule has 11 heteroatoms. The van der Waals surface area contributed by atoms with Crippen molar-refractivity contribution in [3.63, 3.8) is 0 Å². The molecule has 3 aromatic carbocycles. The van der Waals surface area contributed by atoms with Gasteiger partial charge in [-0.15, -0.1) is 11.3 Å². The summed E-state index contributed by atoms with van der Waals surface area (Å²) in [5.41, 5.74) is 0.409. The van der Waals surface area contributed by atoms with E-state index in [-0.39, 0.29) is 28.1 Å². The Balaban J connectivity index is 1.62. The van der Waals surface area contributed by atoms with Crippen LogP contribution in [0.2, 0.25) is 5.04 Å². The molecule has 0 bridgehead atoms. The molecule has 4 rings (SSSR count). The molecule has 0 unspecified atom stereocenters. The Labute approximate surface area is 240 Å². The number of carbonyl (C=O) groups is 1. The monoisotopic (exact) mass is 595 g/mol. The molecule has 0 saturated heterocycles. The number of carbonyl (C=O) groups excluding carboxylic acids is 1. The van der Waals surface area contributed by atoms with Gasteiger partial charge < -0.3 is 14.8 Å². The standard InChI is InChI=1S/C29H33N3O5S2Si/c1-29(2,3)40(24-10-6-4-7-11-24,25-12-8-5-9-13-25)37-26(18-20-33)27(34)31-22-14-16-23(17-15-22)39(35,36)32-28-30-19-21-38-28/h4-17,19,21,26,33H,18,20H2,1-3H3,(H,30,32)(H,31,34)/t26-/m0/s1. The maximum atomic E-state index is 13.6. The lowest BCUT2D eigenvalue weighted by atomic mass is 10.2. The predicted molar refractivity (Wildman–Crippen MR) is 162 cm³/mol. The van der Waals surface area contributed by atoms with Crippen LogP contribution < -0.4 is 20.4 Å². The number of aliphatic hydroxyl groups excluding tert-OH is 1. The highest BCUT2D eigenvalue weighted by Gasteiger charge is 2.52. The molecule has 1 aromatic heterocycles. The Morgan fingerprint density at radius 2 is 1.55 bits per heavy atom. The maximum absolute atomic E-state index is 13.6. The minimum absolute atomic E-state index is 0.0381. The number of aliphatic hydroxyl groups is 1. The number of anilines is 2. The molecular weight excluding hydrogens is 563 g/mol. The molecule has 1 heterocycles. The summed E-state index contributed by atoms with van der Waals surface area (Å²) in [4.78, 5) is 17.6. The first-order chi connectivity index (χ1) is 19.1. The van der Waals surface area contributed by atoms with Crippen molar-refractivity contribution >= 4 is 56.8 Å². The van der Waals surface area contributed by atoms with Crippen LogP contribution in [-0.4, -0.2) is 45.4 Å². The van der Waals surface area contributed by atoms with Crippen LogP contribution in [-0.2, 0) is 19.2 Å². The van der Waals surface area contributed by atoms with E-state index in [0.29, 0.717) is 5.69 Å². The summed E-state index contributed by atoms with van der Waals surface area (Å²) in [6.07, 6.45) is 0.658. The molecule has 0 radical (unpaired) electrons. The maximum Gasteiger partial charge on any atom is 0.263 e. The van der Waals surface area contributed by atoms with E-state index in [4.69, 9.17) is 4.43 Å². The molecule has 210 valence electrons. The second kappa shape index (κ2) is 12.4. The van der Waals surface area contributed by atoms with Crippen LogP contribution in [0.1, 0.15) is 27.2 Å². The van der Waals surface area contributed by atoms with Crippen LogP contribution >= 0.6 is 11.3 Å². The average molecular weight is 596 g/mol. The minimum atomic E-state index is -3.82. The molecule has 0 aliphatic heterocycles. The predicted octanol–water partition coefficient (Wildman–Crippen LogP) is 4.21. The Kier molecular flexibility index (Phi) is 9.21. The van der Waals surface area contributed by atoms with Gasteiger partial charge in [-0.2, -0.15) is 0 Å². The van der Waals surface area contributed by atoms with E-state index in [9.17, 15) is 18.3 Å². The van der Waals surface area contributed by atoms with Crippen LogP contribution in [0.4, 0.5) is 10.8 Å². The first-order valence-electron chi connectivity index (χ1n) is 12.8. The van der Waals surface area contributed by atoms with E-state index in [1.54, 1.807) is 5.38 Å². The lowest BCUT2D eigenvalue weighted by molar-refractivity contribution is -0.123. The van der Waals surface area contributed by atoms with Gasteiger partial charge in [-0.1, -0.05) is 81.4 Å². The summed E-state index contributed by atoms with van der Waals surface area (Å²) >= 11 is 1.18. The summed E-state index contributed by atoms with van der Waals surface area (Å²) < 4.78 is 34.7. The first-order valence-corrected chi connectivity index (χ1v) is 17.1. The third kappa shape index (κ3) is 6.51. The van der Waals surface area contributed by atoms with Gasteiger partial charge in [0, 0.05) is 30.3 Å². The number of aromatic nitrogens is 1. The fourth-order valence-electron chi connectivity index (χ4n) is 4.65. The van der Waals surface area contributed by atoms with Crippen LogP contribution in [0.15, 0.2) is 101 Å². The van der Waals surface area contributed by atoms with Gasteiger partial charge in [-0.25, -0.2) is 13.4 Å². The molecule has 4 aromatic rings. The van der Waals surface area contributed by atoms with Crippen molar-refractivity contribution in [2.45, 2.75) is 43.2 Å². The molecule has 40 heavy (non-hydrogen) atoms. The van der Waals surface area contributed by atoms with Crippen molar-refractivity contribution in [3.05, 3.63) is 96.5 Å². The first kappa shape index (κ1) is 29.6. The number of amides is 1. The quantitative estimate of drug-likeness (QED) is 0.224. The Hall–Kier alpha value is -3.35. The van der Waals surface area contributed by atoms with E-state index >= 15 is 0 Å². The van der Waals surface area contributed by atoms with Gasteiger partial charge in [-0.05, 0) is 39.7 Å². The average Bonchev–Trinajstić information content (AvgIpc) is 3.44. The van der Waals surface area contributed by atoms with Gasteiger partial charge in [0.15, 0.2) is 5.13 Å². The number of hydrogen-bond donors (Lipinski definition) is 3. The SMILES string of the molecule is CC(C)(C)[Si](O[C@@H](CCO)C(=O)Nc1ccc(S(=O)(=O)Nc2nccs2)cc1)(c1ccccc1)c1ccccc1. The second-order valence-corrected chi connectivity index (χ2v) is 17.1. The fraction of sp³-hybridized carbons (Fsp3) is 0.241. The molecule has 0 saturated carbocycles. The molecular formula is C29H33N3O5S2Si. The van der Waals surface area contributed by atoms with Gasteiger partial charge in [0.25, 0.3) is 24.2 Å². The molecule has 0 spiro atoms. The van der Waals surface area contributed by atoms with Crippen LogP contribution in [0.3, 0.4) is 0 Å². The van der Waals surface area contributed by atoms with Gasteiger partial charge >= 0.3 is 0 Å². The highest BCUT2D eigenvalue weighted by molar-refractivity contribution is 7.93. The van der Waals surface area contributed by atoms with Crippen LogP contribution in [0.25, 0.3) is 0 Å². The third-order valence-corrected chi connectivity index (χ3v) is 13.7. The summed E-state index contributed by atoms with van der Waals surface area (Å²) in [5, 5.41) is 16.4. The summed E-state index contributed by atoms with van der Waals surface area (Å²) in [5.74, 6) is -0.418. The zero-order valence-electron chi connectivity index (χ0n) is 22.6. The number of nitrogens with one attached hydrogen (secondary N) is 2. The number of hydrogen-bond acceptors (Lipinski definition) is 7. The van der Waals surface area contributed by atoms with E-state index in [0.717, 1.165) is 10.4 Å². The van der Waals surface area contributed by atoms with E-state index in [2.05, 4.69) is 35.8 Å². The summed E-state index contributed by atoms with van der Waals surface area (Å²) in [6, 6.07) is 25.8. The zero-order chi connectivity index (χ0) is 28.8. The Morgan fingerprint density at radius 1 is 0.975 bits per heavy atom. The van der Waals surface area contributed by atoms with Crippen molar-refractivity contribution in [1.29, 1.82) is 0 Å². The Bertz CT molecular complexity index is 1450. The normalized spacial score (nSPS) is 13.0. The van der Waals surface area contributed by atoms with Crippen molar-refractivity contribution in [1.82, 2.24) is 4.98 Å². The minimum Gasteiger partial charge on any atom is -0.396 e. The molecule has 0 aliphatic carbocycles. The Morgan fingerprint density at radius 3 is 2.02 bits per heavy atom. The number of sulfonamides is 1. The largest absolute Gasteiger partial charge is 0.396 e. The highest BCUT2D eigenvalue weighted by atomic mass is 32.2. The van der Waals surface area contributed by atoms with E-state index in [1.807, 2.05) is 60.7 Å². The van der Waals surface area contributed by atoms with E-state index in [1.165, 1.54) is 41.8 Å². The van der Waals surface area contributed by atoms with Gasteiger partial charge in [0.1, 0.15) is 6.10 Å². The summed E-state index contributed by atoms with van der Waals surface area (Å²) in [6.45, 7) is 6.11. The lowest BCUT2D eigenvalue weighted by Gasteiger charge is -2.44. The lowest BCUT2D eigenvalue weighted by Crippen LogP contribution is -2.68. The number of rotatable bonds is 11. The topological polar surface area (TPSA) is 118 Å². The summed E-state index contributed by atoms with van der Waals surface area (Å²) in [7, 11) is -6.88. The molecule has 3 N–H and O–H groups in total. The van der Waals surface area contributed by atoms with E-state index < -0.39 is 30.4 Å². The second-order valence-electron chi connectivity index (χ2n) is 10.2. The van der Waals surface area contributed by atoms with Gasteiger partial charge in [0.2, 0.25) is 0 Å². The van der Waals surface area contributed by atoms with Crippen molar-refractivity contribution in [2.24, 2.45) is 0 Å². The van der Waals surface area contributed by atoms with Gasteiger partial charge in [0.05, 0.1) is 4.90 Å². The van der Waals surface area contributed by atoms with Crippen LogP contribution in [0, 0.1) is 0 Å². The third-order valence-electron chi connectivity index (χ3n) is 6.51. The van der Waals surface area contributed by atoms with Crippen LogP contribution in [0.5, 0.6) is 0 Å². The molecule has 1 amide bonds. The number of thiazole rings is 1. The number of benzene rings is 3. The molecule has 1 atom stereocenters. The fourth-order valence-corrected chi connectivity index (χ4v) is 11.1. The van der Waals surface area contributed by atoms with Gasteiger partial charge in [-0.3, -0.25) is 9.52 Å².